The Morgan fingerprint density at radius 2 is 1.82 bits per heavy atom. The van der Waals surface area contributed by atoms with Gasteiger partial charge in [0.05, 0.1) is 12.7 Å². The number of carbonyl (C=O) groups is 2. The van der Waals surface area contributed by atoms with E-state index in [1.165, 1.54) is 19.2 Å². The number of benzene rings is 2. The van der Waals surface area contributed by atoms with Gasteiger partial charge in [-0.05, 0) is 12.1 Å². The fourth-order valence-corrected chi connectivity index (χ4v) is 1.88. The second kappa shape index (κ2) is 6.71. The molecule has 6 heteroatoms. The molecule has 0 aromatic heterocycles. The summed E-state index contributed by atoms with van der Waals surface area (Å²) in [7, 11) is 1.38. The van der Waals surface area contributed by atoms with E-state index in [9.17, 15) is 14.0 Å². The van der Waals surface area contributed by atoms with Crippen LogP contribution in [0.5, 0.6) is 5.75 Å². The van der Waals surface area contributed by atoms with Crippen LogP contribution < -0.4 is 10.5 Å². The minimum absolute atomic E-state index is 0.267. The van der Waals surface area contributed by atoms with E-state index < -0.39 is 23.8 Å². The summed E-state index contributed by atoms with van der Waals surface area (Å²) in [4.78, 5) is 23.5. The Balaban J connectivity index is 2.24. The van der Waals surface area contributed by atoms with Crippen molar-refractivity contribution < 1.29 is 23.5 Å². The van der Waals surface area contributed by atoms with E-state index in [1.807, 2.05) is 0 Å². The van der Waals surface area contributed by atoms with Gasteiger partial charge in [0.2, 0.25) is 6.10 Å². The summed E-state index contributed by atoms with van der Waals surface area (Å²) in [6, 6.07) is 12.0. The third-order valence-electron chi connectivity index (χ3n) is 2.98. The molecule has 114 valence electrons. The van der Waals surface area contributed by atoms with Crippen LogP contribution in [0.2, 0.25) is 0 Å². The van der Waals surface area contributed by atoms with Crippen molar-refractivity contribution in [2.75, 3.05) is 7.11 Å². The molecule has 2 aromatic rings. The molecule has 0 spiro atoms. The van der Waals surface area contributed by atoms with Gasteiger partial charge < -0.3 is 15.2 Å². The van der Waals surface area contributed by atoms with E-state index in [2.05, 4.69) is 0 Å². The average molecular weight is 303 g/mol. The van der Waals surface area contributed by atoms with Crippen molar-refractivity contribution in [3.63, 3.8) is 0 Å². The zero-order valence-corrected chi connectivity index (χ0v) is 11.8. The predicted molar refractivity (Wildman–Crippen MR) is 76.7 cm³/mol. The summed E-state index contributed by atoms with van der Waals surface area (Å²) in [5.41, 5.74) is 5.36. The van der Waals surface area contributed by atoms with E-state index in [0.717, 1.165) is 6.07 Å². The van der Waals surface area contributed by atoms with Gasteiger partial charge >= 0.3 is 5.97 Å². The van der Waals surface area contributed by atoms with Crippen LogP contribution in [0.15, 0.2) is 48.5 Å². The van der Waals surface area contributed by atoms with E-state index in [1.54, 1.807) is 30.3 Å². The van der Waals surface area contributed by atoms with Gasteiger partial charge in [-0.25, -0.2) is 9.18 Å². The average Bonchev–Trinajstić information content (AvgIpc) is 2.52. The fraction of sp³-hybridized carbons (Fsp3) is 0.125. The standard InChI is InChI=1S/C16H14FNO4/c1-21-11-7-8-12(13(17)9-11)16(20)22-14(15(18)19)10-5-3-2-4-6-10/h2-9,14H,1H3,(H2,18,19)/t14-/m0/s1. The maximum atomic E-state index is 13.8. The maximum Gasteiger partial charge on any atom is 0.342 e. The van der Waals surface area contributed by atoms with Crippen molar-refractivity contribution in [3.8, 4) is 5.75 Å². The smallest absolute Gasteiger partial charge is 0.342 e. The number of ether oxygens (including phenoxy) is 2. The van der Waals surface area contributed by atoms with Crippen LogP contribution in [0.25, 0.3) is 0 Å². The monoisotopic (exact) mass is 303 g/mol. The summed E-state index contributed by atoms with van der Waals surface area (Å²) in [5, 5.41) is 0. The molecule has 0 aliphatic rings. The lowest BCUT2D eigenvalue weighted by atomic mass is 10.1. The number of nitrogens with two attached hydrogens (primary N) is 1. The fourth-order valence-electron chi connectivity index (χ4n) is 1.88. The van der Waals surface area contributed by atoms with Crippen LogP contribution >= 0.6 is 0 Å². The van der Waals surface area contributed by atoms with Gasteiger partial charge in [0.1, 0.15) is 11.6 Å². The van der Waals surface area contributed by atoms with E-state index in [4.69, 9.17) is 15.2 Å². The first-order valence-corrected chi connectivity index (χ1v) is 6.41. The number of hydrogen-bond acceptors (Lipinski definition) is 4. The molecule has 1 atom stereocenters. The highest BCUT2D eigenvalue weighted by molar-refractivity contribution is 5.92. The SMILES string of the molecule is COc1ccc(C(=O)O[C@H](C(N)=O)c2ccccc2)c(F)c1. The number of primary amides is 1. The summed E-state index contributed by atoms with van der Waals surface area (Å²) in [5.74, 6) is -2.36. The van der Waals surface area contributed by atoms with Gasteiger partial charge in [0.25, 0.3) is 5.91 Å². The lowest BCUT2D eigenvalue weighted by Gasteiger charge is -2.15. The Labute approximate surface area is 126 Å². The van der Waals surface area contributed by atoms with Gasteiger partial charge in [0, 0.05) is 11.6 Å². The van der Waals surface area contributed by atoms with Crippen LogP contribution in [0.3, 0.4) is 0 Å². The Morgan fingerprint density at radius 3 is 2.36 bits per heavy atom. The zero-order chi connectivity index (χ0) is 16.1. The number of hydrogen-bond donors (Lipinski definition) is 1. The second-order valence-corrected chi connectivity index (χ2v) is 4.44. The van der Waals surface area contributed by atoms with Gasteiger partial charge in [-0.15, -0.1) is 0 Å². The van der Waals surface area contributed by atoms with Crippen LogP contribution in [-0.4, -0.2) is 19.0 Å². The second-order valence-electron chi connectivity index (χ2n) is 4.44. The van der Waals surface area contributed by atoms with Gasteiger partial charge in [-0.1, -0.05) is 30.3 Å². The van der Waals surface area contributed by atoms with Crippen molar-refractivity contribution in [1.29, 1.82) is 0 Å². The summed E-state index contributed by atoms with van der Waals surface area (Å²) in [6.45, 7) is 0. The van der Waals surface area contributed by atoms with Crippen molar-refractivity contribution in [1.82, 2.24) is 0 Å². The lowest BCUT2D eigenvalue weighted by Crippen LogP contribution is -2.26. The Hall–Kier alpha value is -2.89. The number of carbonyl (C=O) groups excluding carboxylic acids is 2. The molecule has 0 fully saturated rings. The van der Waals surface area contributed by atoms with Gasteiger partial charge in [-0.2, -0.15) is 0 Å². The van der Waals surface area contributed by atoms with Crippen LogP contribution in [0.1, 0.15) is 22.0 Å². The first-order chi connectivity index (χ1) is 10.5. The highest BCUT2D eigenvalue weighted by atomic mass is 19.1. The van der Waals surface area contributed by atoms with Crippen LogP contribution in [0, 0.1) is 5.82 Å². The summed E-state index contributed by atoms with van der Waals surface area (Å²) in [6.07, 6.45) is -1.28. The Bertz CT molecular complexity index is 688. The first-order valence-electron chi connectivity index (χ1n) is 6.41. The van der Waals surface area contributed by atoms with Crippen LogP contribution in [-0.2, 0) is 9.53 Å². The van der Waals surface area contributed by atoms with E-state index >= 15 is 0 Å². The normalized spacial score (nSPS) is 11.5. The molecule has 0 radical (unpaired) electrons. The minimum atomic E-state index is -1.28. The molecule has 2 aromatic carbocycles. The number of methoxy groups -OCH3 is 1. The molecule has 0 bridgehead atoms. The first kappa shape index (κ1) is 15.5. The number of amides is 1. The summed E-state index contributed by atoms with van der Waals surface area (Å²) < 4.78 is 23.7. The predicted octanol–water partition coefficient (Wildman–Crippen LogP) is 2.22. The molecule has 0 saturated heterocycles. The van der Waals surface area contributed by atoms with Crippen molar-refractivity contribution in [3.05, 3.63) is 65.5 Å². The molecule has 5 nitrogen and oxygen atoms in total. The molecule has 0 heterocycles. The Morgan fingerprint density at radius 1 is 1.14 bits per heavy atom. The minimum Gasteiger partial charge on any atom is -0.497 e. The third-order valence-corrected chi connectivity index (χ3v) is 2.98. The maximum absolute atomic E-state index is 13.8. The molecule has 22 heavy (non-hydrogen) atoms. The van der Waals surface area contributed by atoms with Gasteiger partial charge in [-0.3, -0.25) is 4.79 Å². The molecular formula is C16H14FNO4. The zero-order valence-electron chi connectivity index (χ0n) is 11.8. The topological polar surface area (TPSA) is 78.6 Å². The highest BCUT2D eigenvalue weighted by Crippen LogP contribution is 2.22. The number of rotatable bonds is 5. The van der Waals surface area contributed by atoms with Crippen LogP contribution in [0.4, 0.5) is 4.39 Å². The molecule has 1 amide bonds. The van der Waals surface area contributed by atoms with Crippen molar-refractivity contribution >= 4 is 11.9 Å². The number of esters is 1. The Kier molecular flexibility index (Phi) is 4.73. The molecular weight excluding hydrogens is 289 g/mol. The number of halogens is 1. The van der Waals surface area contributed by atoms with Crippen molar-refractivity contribution in [2.24, 2.45) is 5.73 Å². The molecule has 0 aliphatic heterocycles. The van der Waals surface area contributed by atoms with Crippen molar-refractivity contribution in [2.45, 2.75) is 6.10 Å². The highest BCUT2D eigenvalue weighted by Gasteiger charge is 2.24. The summed E-state index contributed by atoms with van der Waals surface area (Å²) >= 11 is 0. The van der Waals surface area contributed by atoms with E-state index in [-0.39, 0.29) is 11.3 Å². The quantitative estimate of drug-likeness (QED) is 0.859. The van der Waals surface area contributed by atoms with E-state index in [0.29, 0.717) is 5.56 Å². The molecule has 0 aliphatic carbocycles. The molecule has 0 saturated carbocycles. The largest absolute Gasteiger partial charge is 0.497 e. The molecule has 2 N–H and O–H groups in total. The third kappa shape index (κ3) is 3.41. The molecule has 0 unspecified atom stereocenters. The van der Waals surface area contributed by atoms with Gasteiger partial charge in [0.15, 0.2) is 0 Å². The molecule has 2 rings (SSSR count). The lowest BCUT2D eigenvalue weighted by molar-refractivity contribution is -0.127.